The normalized spacial score (nSPS) is 22.2. The van der Waals surface area contributed by atoms with Crippen molar-refractivity contribution in [3.8, 4) is 11.3 Å². The molecule has 0 aliphatic carbocycles. The van der Waals surface area contributed by atoms with E-state index in [9.17, 15) is 0 Å². The fourth-order valence-corrected chi connectivity index (χ4v) is 4.35. The molecule has 2 aromatic heterocycles. The number of benzene rings is 1. The van der Waals surface area contributed by atoms with Crippen LogP contribution in [0.2, 0.25) is 0 Å². The first-order valence-electron chi connectivity index (χ1n) is 11.1. The van der Waals surface area contributed by atoms with Gasteiger partial charge in [-0.2, -0.15) is 9.97 Å². The summed E-state index contributed by atoms with van der Waals surface area (Å²) in [5.41, 5.74) is 3.98. The van der Waals surface area contributed by atoms with Crippen molar-refractivity contribution >= 4 is 22.8 Å². The zero-order valence-corrected chi connectivity index (χ0v) is 18.4. The van der Waals surface area contributed by atoms with Gasteiger partial charge in [-0.15, -0.1) is 0 Å². The van der Waals surface area contributed by atoms with Gasteiger partial charge in [0.2, 0.25) is 5.95 Å². The minimum absolute atomic E-state index is 0.158. The van der Waals surface area contributed by atoms with E-state index in [0.29, 0.717) is 19.8 Å². The second kappa shape index (κ2) is 8.40. The highest BCUT2D eigenvalue weighted by Gasteiger charge is 2.26. The lowest BCUT2D eigenvalue weighted by molar-refractivity contribution is 0.0526. The molecule has 0 bridgehead atoms. The SMILES string of the molecule is Cc1cccc(-c2ccc3c(N4CCOC[C@@H]4C)nc(N4CCO[C@@H](C)C4)nc3n2)c1. The number of aromatic nitrogens is 3. The van der Waals surface area contributed by atoms with Gasteiger partial charge in [0.1, 0.15) is 5.82 Å². The summed E-state index contributed by atoms with van der Waals surface area (Å²) in [6.45, 7) is 10.8. The Kier molecular flexibility index (Phi) is 5.46. The number of nitrogens with zero attached hydrogens (tertiary/aromatic N) is 5. The van der Waals surface area contributed by atoms with E-state index in [2.05, 4.69) is 67.0 Å². The molecule has 31 heavy (non-hydrogen) atoms. The molecule has 4 heterocycles. The fraction of sp³-hybridized carbons (Fsp3) is 0.458. The summed E-state index contributed by atoms with van der Waals surface area (Å²) in [5.74, 6) is 1.67. The van der Waals surface area contributed by atoms with Gasteiger partial charge >= 0.3 is 0 Å². The van der Waals surface area contributed by atoms with Gasteiger partial charge in [-0.1, -0.05) is 23.8 Å². The molecule has 3 aromatic rings. The van der Waals surface area contributed by atoms with Gasteiger partial charge in [-0.3, -0.25) is 0 Å². The van der Waals surface area contributed by atoms with Crippen molar-refractivity contribution in [2.45, 2.75) is 32.9 Å². The van der Waals surface area contributed by atoms with Crippen LogP contribution in [0, 0.1) is 6.92 Å². The van der Waals surface area contributed by atoms with Crippen LogP contribution in [-0.2, 0) is 9.47 Å². The van der Waals surface area contributed by atoms with Crippen LogP contribution in [-0.4, -0.2) is 66.6 Å². The topological polar surface area (TPSA) is 63.6 Å². The zero-order chi connectivity index (χ0) is 21.4. The number of hydrogen-bond acceptors (Lipinski definition) is 7. The van der Waals surface area contributed by atoms with E-state index in [-0.39, 0.29) is 12.1 Å². The molecule has 7 heteroatoms. The highest BCUT2D eigenvalue weighted by atomic mass is 16.5. The lowest BCUT2D eigenvalue weighted by Crippen LogP contribution is -2.45. The second-order valence-corrected chi connectivity index (χ2v) is 8.53. The Labute approximate surface area is 183 Å². The Morgan fingerprint density at radius 1 is 1.00 bits per heavy atom. The second-order valence-electron chi connectivity index (χ2n) is 8.53. The van der Waals surface area contributed by atoms with E-state index in [1.807, 2.05) is 0 Å². The van der Waals surface area contributed by atoms with Gasteiger partial charge < -0.3 is 19.3 Å². The van der Waals surface area contributed by atoms with Crippen molar-refractivity contribution in [3.05, 3.63) is 42.0 Å². The Balaban J connectivity index is 1.64. The van der Waals surface area contributed by atoms with Crippen LogP contribution in [0.15, 0.2) is 36.4 Å². The molecular formula is C24H29N5O2. The molecule has 0 spiro atoms. The third-order valence-corrected chi connectivity index (χ3v) is 6.01. The number of rotatable bonds is 3. The van der Waals surface area contributed by atoms with Crippen LogP contribution < -0.4 is 9.80 Å². The zero-order valence-electron chi connectivity index (χ0n) is 18.4. The highest BCUT2D eigenvalue weighted by molar-refractivity contribution is 5.90. The lowest BCUT2D eigenvalue weighted by Gasteiger charge is -2.36. The summed E-state index contributed by atoms with van der Waals surface area (Å²) in [5, 5.41) is 0.982. The van der Waals surface area contributed by atoms with Gasteiger partial charge in [0.15, 0.2) is 5.65 Å². The van der Waals surface area contributed by atoms with Crippen LogP contribution >= 0.6 is 0 Å². The Hall–Kier alpha value is -2.77. The Morgan fingerprint density at radius 3 is 2.71 bits per heavy atom. The number of anilines is 2. The third-order valence-electron chi connectivity index (χ3n) is 6.01. The summed E-state index contributed by atoms with van der Waals surface area (Å²) in [7, 11) is 0. The molecule has 0 amide bonds. The maximum atomic E-state index is 5.73. The summed E-state index contributed by atoms with van der Waals surface area (Å²) < 4.78 is 11.4. The van der Waals surface area contributed by atoms with Crippen molar-refractivity contribution in [2.75, 3.05) is 49.3 Å². The molecule has 2 aliphatic heterocycles. The molecule has 162 valence electrons. The van der Waals surface area contributed by atoms with E-state index in [4.69, 9.17) is 24.4 Å². The fourth-order valence-electron chi connectivity index (χ4n) is 4.35. The van der Waals surface area contributed by atoms with Crippen LogP contribution in [0.25, 0.3) is 22.3 Å². The van der Waals surface area contributed by atoms with Gasteiger partial charge in [-0.25, -0.2) is 4.98 Å². The molecule has 2 fully saturated rings. The van der Waals surface area contributed by atoms with E-state index in [1.54, 1.807) is 0 Å². The molecule has 2 aliphatic rings. The smallest absolute Gasteiger partial charge is 0.229 e. The molecule has 0 N–H and O–H groups in total. The maximum Gasteiger partial charge on any atom is 0.229 e. The number of ether oxygens (including phenoxy) is 2. The van der Waals surface area contributed by atoms with Crippen molar-refractivity contribution in [1.29, 1.82) is 0 Å². The average molecular weight is 420 g/mol. The van der Waals surface area contributed by atoms with E-state index < -0.39 is 0 Å². The number of hydrogen-bond donors (Lipinski definition) is 0. The predicted molar refractivity (Wildman–Crippen MR) is 123 cm³/mol. The molecule has 0 saturated carbocycles. The van der Waals surface area contributed by atoms with Gasteiger partial charge in [-0.05, 0) is 39.0 Å². The van der Waals surface area contributed by atoms with Crippen molar-refractivity contribution in [3.63, 3.8) is 0 Å². The first-order chi connectivity index (χ1) is 15.1. The molecular weight excluding hydrogens is 390 g/mol. The van der Waals surface area contributed by atoms with E-state index >= 15 is 0 Å². The van der Waals surface area contributed by atoms with Crippen LogP contribution in [0.1, 0.15) is 19.4 Å². The van der Waals surface area contributed by atoms with Crippen molar-refractivity contribution in [1.82, 2.24) is 15.0 Å². The van der Waals surface area contributed by atoms with Crippen LogP contribution in [0.5, 0.6) is 0 Å². The summed E-state index contributed by atoms with van der Waals surface area (Å²) >= 11 is 0. The predicted octanol–water partition coefficient (Wildman–Crippen LogP) is 3.45. The van der Waals surface area contributed by atoms with Gasteiger partial charge in [0.25, 0.3) is 0 Å². The van der Waals surface area contributed by atoms with E-state index in [1.165, 1.54) is 5.56 Å². The first-order valence-corrected chi connectivity index (χ1v) is 11.1. The molecule has 1 aromatic carbocycles. The third kappa shape index (κ3) is 4.07. The van der Waals surface area contributed by atoms with Gasteiger partial charge in [0.05, 0.1) is 43.0 Å². The average Bonchev–Trinajstić information content (AvgIpc) is 2.78. The van der Waals surface area contributed by atoms with Crippen LogP contribution in [0.4, 0.5) is 11.8 Å². The number of fused-ring (bicyclic) bond motifs is 1. The molecule has 0 unspecified atom stereocenters. The summed E-state index contributed by atoms with van der Waals surface area (Å²) in [6.07, 6.45) is 0.158. The minimum Gasteiger partial charge on any atom is -0.377 e. The molecule has 2 atom stereocenters. The largest absolute Gasteiger partial charge is 0.377 e. The number of pyridine rings is 1. The van der Waals surface area contributed by atoms with Gasteiger partial charge in [0, 0.05) is 25.2 Å². The molecule has 0 radical (unpaired) electrons. The summed E-state index contributed by atoms with van der Waals surface area (Å²) in [6, 6.07) is 12.9. The molecule has 7 nitrogen and oxygen atoms in total. The standard InChI is InChI=1S/C24H29N5O2/c1-16-5-4-6-19(13-16)21-8-7-20-22(25-21)26-24(28-9-12-31-18(3)14-28)27-23(20)29-10-11-30-15-17(29)2/h4-8,13,17-18H,9-12,14-15H2,1-3H3/t17-,18-/m0/s1. The maximum absolute atomic E-state index is 5.73. The summed E-state index contributed by atoms with van der Waals surface area (Å²) in [4.78, 5) is 19.5. The Morgan fingerprint density at radius 2 is 1.90 bits per heavy atom. The minimum atomic E-state index is 0.158. The Bertz CT molecular complexity index is 1090. The molecule has 2 saturated heterocycles. The lowest BCUT2D eigenvalue weighted by atomic mass is 10.1. The number of morpholine rings is 2. The molecule has 5 rings (SSSR count). The van der Waals surface area contributed by atoms with E-state index in [0.717, 1.165) is 53.7 Å². The monoisotopic (exact) mass is 419 g/mol. The van der Waals surface area contributed by atoms with Crippen molar-refractivity contribution < 1.29 is 9.47 Å². The first kappa shape index (κ1) is 20.2. The van der Waals surface area contributed by atoms with Crippen LogP contribution in [0.3, 0.4) is 0 Å². The quantitative estimate of drug-likeness (QED) is 0.644. The van der Waals surface area contributed by atoms with Crippen molar-refractivity contribution in [2.24, 2.45) is 0 Å². The number of aryl methyl sites for hydroxylation is 1. The highest BCUT2D eigenvalue weighted by Crippen LogP contribution is 2.31.